The van der Waals surface area contributed by atoms with Crippen LogP contribution in [0.4, 0.5) is 0 Å². The van der Waals surface area contributed by atoms with Crippen molar-refractivity contribution < 1.29 is 0 Å². The molecule has 19 heavy (non-hydrogen) atoms. The van der Waals surface area contributed by atoms with E-state index in [1.807, 2.05) is 0 Å². The molecule has 0 saturated carbocycles. The smallest absolute Gasteiger partial charge is 0.0843 e. The number of aryl methyl sites for hydroxylation is 1. The molecule has 1 aromatic heterocycles. The fraction of sp³-hybridized carbons (Fsp3) is 0.533. The van der Waals surface area contributed by atoms with Gasteiger partial charge >= 0.3 is 0 Å². The molecule has 1 saturated heterocycles. The minimum absolute atomic E-state index is 0.327. The Kier molecular flexibility index (Phi) is 3.53. The Morgan fingerprint density at radius 1 is 1.37 bits per heavy atom. The van der Waals surface area contributed by atoms with Gasteiger partial charge in [-0.25, -0.2) is 0 Å². The lowest BCUT2D eigenvalue weighted by molar-refractivity contribution is 0.199. The molecule has 2 heterocycles. The van der Waals surface area contributed by atoms with Crippen LogP contribution in [0.15, 0.2) is 24.3 Å². The van der Waals surface area contributed by atoms with E-state index in [2.05, 4.69) is 40.8 Å². The van der Waals surface area contributed by atoms with Crippen LogP contribution >= 0.6 is 0 Å². The third-order valence-corrected chi connectivity index (χ3v) is 3.95. The Hall–Kier alpha value is -1.39. The van der Waals surface area contributed by atoms with Crippen molar-refractivity contribution in [1.29, 1.82) is 0 Å². The number of para-hydroxylation sites is 1. The molecule has 4 heteroatoms. The predicted molar refractivity (Wildman–Crippen MR) is 77.9 cm³/mol. The fourth-order valence-corrected chi connectivity index (χ4v) is 3.00. The Morgan fingerprint density at radius 3 is 3.00 bits per heavy atom. The van der Waals surface area contributed by atoms with E-state index < -0.39 is 0 Å². The maximum Gasteiger partial charge on any atom is 0.0843 e. The van der Waals surface area contributed by atoms with Crippen LogP contribution < -0.4 is 5.73 Å². The van der Waals surface area contributed by atoms with Crippen LogP contribution in [0.5, 0.6) is 0 Å². The van der Waals surface area contributed by atoms with Crippen LogP contribution in [0.3, 0.4) is 0 Å². The zero-order valence-electron chi connectivity index (χ0n) is 11.5. The van der Waals surface area contributed by atoms with Crippen LogP contribution in [0.25, 0.3) is 10.9 Å². The second kappa shape index (κ2) is 5.31. The van der Waals surface area contributed by atoms with Crippen molar-refractivity contribution in [2.45, 2.75) is 38.9 Å². The summed E-state index contributed by atoms with van der Waals surface area (Å²) >= 11 is 0. The van der Waals surface area contributed by atoms with Gasteiger partial charge in [-0.2, -0.15) is 5.10 Å². The van der Waals surface area contributed by atoms with Gasteiger partial charge in [-0.15, -0.1) is 0 Å². The standard InChI is InChI=1S/C15H22N4/c1-2-19-15-8-4-3-7-13(15)14(17-19)11-18-9-5-6-12(16)10-18/h3-4,7-8,12H,2,5-6,9-11,16H2,1H3/t12-/m1/s1. The maximum atomic E-state index is 6.06. The van der Waals surface area contributed by atoms with Crippen molar-refractivity contribution in [2.24, 2.45) is 5.73 Å². The monoisotopic (exact) mass is 258 g/mol. The second-order valence-corrected chi connectivity index (χ2v) is 5.42. The van der Waals surface area contributed by atoms with E-state index in [9.17, 15) is 0 Å². The number of hydrogen-bond acceptors (Lipinski definition) is 3. The summed E-state index contributed by atoms with van der Waals surface area (Å²) in [5.74, 6) is 0. The van der Waals surface area contributed by atoms with E-state index in [1.165, 1.54) is 23.0 Å². The summed E-state index contributed by atoms with van der Waals surface area (Å²) in [4.78, 5) is 2.43. The topological polar surface area (TPSA) is 47.1 Å². The van der Waals surface area contributed by atoms with Crippen LogP contribution in [-0.2, 0) is 13.1 Å². The average molecular weight is 258 g/mol. The average Bonchev–Trinajstić information content (AvgIpc) is 2.77. The number of rotatable bonds is 3. The first-order valence-corrected chi connectivity index (χ1v) is 7.20. The Bertz CT molecular complexity index is 560. The van der Waals surface area contributed by atoms with Crippen molar-refractivity contribution in [3.8, 4) is 0 Å². The summed E-state index contributed by atoms with van der Waals surface area (Å²) in [7, 11) is 0. The Balaban J connectivity index is 1.88. The van der Waals surface area contributed by atoms with Crippen LogP contribution in [0, 0.1) is 0 Å². The first-order chi connectivity index (χ1) is 9.28. The number of piperidine rings is 1. The molecule has 1 aromatic carbocycles. The molecule has 2 N–H and O–H groups in total. The molecule has 0 amide bonds. The second-order valence-electron chi connectivity index (χ2n) is 5.42. The zero-order chi connectivity index (χ0) is 13.2. The Labute approximate surface area is 114 Å². The van der Waals surface area contributed by atoms with E-state index in [0.717, 1.165) is 32.6 Å². The first-order valence-electron chi connectivity index (χ1n) is 7.20. The summed E-state index contributed by atoms with van der Waals surface area (Å²) in [6.07, 6.45) is 2.36. The van der Waals surface area contributed by atoms with Gasteiger partial charge in [-0.1, -0.05) is 18.2 Å². The number of nitrogens with zero attached hydrogens (tertiary/aromatic N) is 3. The normalized spacial score (nSPS) is 21.1. The lowest BCUT2D eigenvalue weighted by Crippen LogP contribution is -2.42. The van der Waals surface area contributed by atoms with Crippen molar-refractivity contribution in [3.05, 3.63) is 30.0 Å². The highest BCUT2D eigenvalue weighted by Gasteiger charge is 2.19. The molecular weight excluding hydrogens is 236 g/mol. The lowest BCUT2D eigenvalue weighted by atomic mass is 10.1. The van der Waals surface area contributed by atoms with Gasteiger partial charge < -0.3 is 5.73 Å². The van der Waals surface area contributed by atoms with Gasteiger partial charge in [0.1, 0.15) is 0 Å². The van der Waals surface area contributed by atoms with Gasteiger partial charge in [0.15, 0.2) is 0 Å². The SMILES string of the molecule is CCn1nc(CN2CCC[C@@H](N)C2)c2ccccc21. The molecule has 2 aromatic rings. The number of benzene rings is 1. The van der Waals surface area contributed by atoms with Crippen molar-refractivity contribution in [2.75, 3.05) is 13.1 Å². The molecule has 1 atom stereocenters. The molecule has 0 spiro atoms. The van der Waals surface area contributed by atoms with Gasteiger partial charge in [0.05, 0.1) is 11.2 Å². The van der Waals surface area contributed by atoms with E-state index in [0.29, 0.717) is 6.04 Å². The fourth-order valence-electron chi connectivity index (χ4n) is 3.00. The molecule has 0 radical (unpaired) electrons. The minimum Gasteiger partial charge on any atom is -0.327 e. The zero-order valence-corrected chi connectivity index (χ0v) is 11.5. The molecule has 102 valence electrons. The molecule has 0 aliphatic carbocycles. The van der Waals surface area contributed by atoms with Crippen LogP contribution in [0.1, 0.15) is 25.5 Å². The summed E-state index contributed by atoms with van der Waals surface area (Å²) in [5, 5.41) is 6.04. The maximum absolute atomic E-state index is 6.06. The van der Waals surface area contributed by atoms with E-state index in [4.69, 9.17) is 10.8 Å². The van der Waals surface area contributed by atoms with E-state index >= 15 is 0 Å². The third kappa shape index (κ3) is 2.51. The number of hydrogen-bond donors (Lipinski definition) is 1. The number of likely N-dealkylation sites (tertiary alicyclic amines) is 1. The first kappa shape index (κ1) is 12.6. The van der Waals surface area contributed by atoms with Gasteiger partial charge in [0, 0.05) is 31.1 Å². The summed E-state index contributed by atoms with van der Waals surface area (Å²) in [6, 6.07) is 8.82. The van der Waals surface area contributed by atoms with Crippen molar-refractivity contribution in [1.82, 2.24) is 14.7 Å². The van der Waals surface area contributed by atoms with Gasteiger partial charge in [-0.05, 0) is 32.4 Å². The number of nitrogens with two attached hydrogens (primary N) is 1. The summed E-state index contributed by atoms with van der Waals surface area (Å²) in [5.41, 5.74) is 8.48. The molecule has 1 aliphatic rings. The Morgan fingerprint density at radius 2 is 2.21 bits per heavy atom. The highest BCUT2D eigenvalue weighted by Crippen LogP contribution is 2.21. The summed E-state index contributed by atoms with van der Waals surface area (Å²) in [6.45, 7) is 6.11. The van der Waals surface area contributed by atoms with E-state index in [1.54, 1.807) is 0 Å². The minimum atomic E-state index is 0.327. The molecule has 1 aliphatic heterocycles. The van der Waals surface area contributed by atoms with Gasteiger partial charge in [0.25, 0.3) is 0 Å². The third-order valence-electron chi connectivity index (χ3n) is 3.95. The quantitative estimate of drug-likeness (QED) is 0.915. The van der Waals surface area contributed by atoms with E-state index in [-0.39, 0.29) is 0 Å². The molecule has 4 nitrogen and oxygen atoms in total. The number of aromatic nitrogens is 2. The number of fused-ring (bicyclic) bond motifs is 1. The van der Waals surface area contributed by atoms with Crippen LogP contribution in [0.2, 0.25) is 0 Å². The molecule has 0 unspecified atom stereocenters. The van der Waals surface area contributed by atoms with Gasteiger partial charge in [-0.3, -0.25) is 9.58 Å². The molecule has 1 fully saturated rings. The summed E-state index contributed by atoms with van der Waals surface area (Å²) < 4.78 is 2.09. The highest BCUT2D eigenvalue weighted by atomic mass is 15.3. The molecule has 0 bridgehead atoms. The van der Waals surface area contributed by atoms with Crippen LogP contribution in [-0.4, -0.2) is 33.8 Å². The van der Waals surface area contributed by atoms with Gasteiger partial charge in [0.2, 0.25) is 0 Å². The molecular formula is C15H22N4. The highest BCUT2D eigenvalue weighted by molar-refractivity contribution is 5.81. The van der Waals surface area contributed by atoms with Crippen molar-refractivity contribution in [3.63, 3.8) is 0 Å². The molecule has 3 rings (SSSR count). The lowest BCUT2D eigenvalue weighted by Gasteiger charge is -2.30. The predicted octanol–water partition coefficient (Wildman–Crippen LogP) is 1.98. The largest absolute Gasteiger partial charge is 0.327 e. The van der Waals surface area contributed by atoms with Crippen molar-refractivity contribution >= 4 is 10.9 Å².